The molecule has 0 aliphatic carbocycles. The average molecular weight is 318 g/mol. The van der Waals surface area contributed by atoms with Crippen LogP contribution in [0.3, 0.4) is 0 Å². The van der Waals surface area contributed by atoms with E-state index in [4.69, 9.17) is 11.6 Å². The maximum absolute atomic E-state index is 11.8. The Kier molecular flexibility index (Phi) is 5.21. The summed E-state index contributed by atoms with van der Waals surface area (Å²) < 4.78 is 0. The first-order valence-corrected chi connectivity index (χ1v) is 7.05. The van der Waals surface area contributed by atoms with E-state index >= 15 is 0 Å². The van der Waals surface area contributed by atoms with Gasteiger partial charge >= 0.3 is 0 Å². The summed E-state index contributed by atoms with van der Waals surface area (Å²) in [5, 5.41) is 0.753. The highest BCUT2D eigenvalue weighted by Crippen LogP contribution is 2.26. The second-order valence-corrected chi connectivity index (χ2v) is 6.28. The Morgan fingerprint density at radius 3 is 2.41 bits per heavy atom. The van der Waals surface area contributed by atoms with Crippen molar-refractivity contribution in [2.45, 2.75) is 38.9 Å². The van der Waals surface area contributed by atoms with Crippen molar-refractivity contribution in [1.29, 1.82) is 0 Å². The smallest absolute Gasteiger partial charge is 0.149 e. The Balaban J connectivity index is 2.92. The summed E-state index contributed by atoms with van der Waals surface area (Å²) in [6, 6.07) is 4.05. The number of Topliss-reactive ketones (excluding diaryl/α,β-unsaturated/α-hetero) is 1. The van der Waals surface area contributed by atoms with E-state index in [1.54, 1.807) is 0 Å². The van der Waals surface area contributed by atoms with Crippen molar-refractivity contribution < 1.29 is 4.79 Å². The van der Waals surface area contributed by atoms with Crippen LogP contribution in [0, 0.1) is 19.8 Å². The fourth-order valence-electron chi connectivity index (χ4n) is 1.85. The summed E-state index contributed by atoms with van der Waals surface area (Å²) in [6.07, 6.45) is 0.655. The second kappa shape index (κ2) is 6.01. The number of hydrogen-bond donors (Lipinski definition) is 0. The highest BCUT2D eigenvalue weighted by molar-refractivity contribution is 9.10. The van der Waals surface area contributed by atoms with Gasteiger partial charge in [-0.3, -0.25) is 4.79 Å². The van der Waals surface area contributed by atoms with Gasteiger partial charge in [0, 0.05) is 10.9 Å². The maximum atomic E-state index is 11.8. The van der Waals surface area contributed by atoms with Crippen molar-refractivity contribution in [3.05, 3.63) is 33.8 Å². The van der Waals surface area contributed by atoms with Gasteiger partial charge < -0.3 is 0 Å². The van der Waals surface area contributed by atoms with Gasteiger partial charge in [-0.1, -0.05) is 47.4 Å². The highest BCUT2D eigenvalue weighted by atomic mass is 79.9. The molecule has 0 fully saturated rings. The highest BCUT2D eigenvalue weighted by Gasteiger charge is 2.20. The Morgan fingerprint density at radius 1 is 1.35 bits per heavy atom. The van der Waals surface area contributed by atoms with Crippen LogP contribution in [0.2, 0.25) is 5.02 Å². The molecule has 0 radical (unpaired) electrons. The van der Waals surface area contributed by atoms with Crippen molar-refractivity contribution in [2.75, 3.05) is 0 Å². The molecule has 0 heterocycles. The Morgan fingerprint density at radius 2 is 1.94 bits per heavy atom. The molecule has 0 aromatic heterocycles. The molecule has 0 aliphatic rings. The molecule has 1 unspecified atom stereocenters. The number of carbonyl (C=O) groups excluding carboxylic acids is 1. The quantitative estimate of drug-likeness (QED) is 0.748. The Bertz CT molecular complexity index is 403. The standard InChI is InChI=1S/C14H18BrClO/c1-8(2)14(17)12(15)7-11-10(4)5-9(3)6-13(11)16/h5-6,8,12H,7H2,1-4H3. The number of aryl methyl sites for hydroxylation is 2. The third-order valence-corrected chi connectivity index (χ3v) is 3.94. The van der Waals surface area contributed by atoms with Crippen LogP contribution in [0.15, 0.2) is 12.1 Å². The van der Waals surface area contributed by atoms with E-state index in [-0.39, 0.29) is 16.5 Å². The lowest BCUT2D eigenvalue weighted by Gasteiger charge is -2.15. The van der Waals surface area contributed by atoms with Crippen LogP contribution in [0.1, 0.15) is 30.5 Å². The minimum Gasteiger partial charge on any atom is -0.298 e. The topological polar surface area (TPSA) is 17.1 Å². The molecule has 1 nitrogen and oxygen atoms in total. The van der Waals surface area contributed by atoms with E-state index in [1.165, 1.54) is 0 Å². The third kappa shape index (κ3) is 3.82. The van der Waals surface area contributed by atoms with Crippen molar-refractivity contribution >= 4 is 33.3 Å². The second-order valence-electron chi connectivity index (χ2n) is 4.77. The molecular formula is C14H18BrClO. The van der Waals surface area contributed by atoms with E-state index in [0.29, 0.717) is 6.42 Å². The fraction of sp³-hybridized carbons (Fsp3) is 0.500. The largest absolute Gasteiger partial charge is 0.298 e. The van der Waals surface area contributed by atoms with Gasteiger partial charge in [-0.25, -0.2) is 0 Å². The molecule has 3 heteroatoms. The van der Waals surface area contributed by atoms with Gasteiger partial charge in [0.05, 0.1) is 4.83 Å². The molecule has 0 aliphatic heterocycles. The normalized spacial score (nSPS) is 12.9. The molecule has 0 saturated carbocycles. The minimum atomic E-state index is -0.151. The molecule has 1 rings (SSSR count). The summed E-state index contributed by atoms with van der Waals surface area (Å²) in [4.78, 5) is 11.7. The monoisotopic (exact) mass is 316 g/mol. The van der Waals surface area contributed by atoms with Crippen LogP contribution in [0.5, 0.6) is 0 Å². The lowest BCUT2D eigenvalue weighted by molar-refractivity contribution is -0.121. The summed E-state index contributed by atoms with van der Waals surface area (Å²) in [5.41, 5.74) is 3.36. The number of halogens is 2. The van der Waals surface area contributed by atoms with Crippen molar-refractivity contribution in [1.82, 2.24) is 0 Å². The first kappa shape index (κ1) is 14.7. The number of hydrogen-bond acceptors (Lipinski definition) is 1. The van der Waals surface area contributed by atoms with Crippen LogP contribution in [0.4, 0.5) is 0 Å². The first-order chi connectivity index (χ1) is 7.82. The summed E-state index contributed by atoms with van der Waals surface area (Å²) in [5.74, 6) is 0.268. The van der Waals surface area contributed by atoms with Gasteiger partial charge in [-0.05, 0) is 43.0 Å². The van der Waals surface area contributed by atoms with Gasteiger partial charge in [-0.15, -0.1) is 0 Å². The summed E-state index contributed by atoms with van der Waals surface area (Å²) in [7, 11) is 0. The molecule has 1 aromatic carbocycles. The van der Waals surface area contributed by atoms with E-state index in [9.17, 15) is 4.79 Å². The lowest BCUT2D eigenvalue weighted by atomic mass is 9.97. The van der Waals surface area contributed by atoms with Gasteiger partial charge in [0.25, 0.3) is 0 Å². The Labute approximate surface area is 117 Å². The van der Waals surface area contributed by atoms with Crippen LogP contribution in [0.25, 0.3) is 0 Å². The van der Waals surface area contributed by atoms with E-state index in [2.05, 4.69) is 22.0 Å². The van der Waals surface area contributed by atoms with Crippen LogP contribution >= 0.6 is 27.5 Å². The fourth-order valence-corrected chi connectivity index (χ4v) is 3.10. The van der Waals surface area contributed by atoms with Crippen molar-refractivity contribution in [2.24, 2.45) is 5.92 Å². The summed E-state index contributed by atoms with van der Waals surface area (Å²) >= 11 is 9.69. The number of ketones is 1. The molecule has 1 atom stereocenters. The SMILES string of the molecule is Cc1cc(C)c(CC(Br)C(=O)C(C)C)c(Cl)c1. The molecule has 0 spiro atoms. The van der Waals surface area contributed by atoms with Gasteiger partial charge in [0.1, 0.15) is 5.78 Å². The van der Waals surface area contributed by atoms with Gasteiger partial charge in [0.15, 0.2) is 0 Å². The van der Waals surface area contributed by atoms with Crippen LogP contribution < -0.4 is 0 Å². The van der Waals surface area contributed by atoms with Crippen LogP contribution in [-0.2, 0) is 11.2 Å². The molecule has 0 saturated heterocycles. The van der Waals surface area contributed by atoms with Crippen molar-refractivity contribution in [3.8, 4) is 0 Å². The zero-order valence-electron chi connectivity index (χ0n) is 10.7. The molecule has 17 heavy (non-hydrogen) atoms. The van der Waals surface area contributed by atoms with Crippen molar-refractivity contribution in [3.63, 3.8) is 0 Å². The van der Waals surface area contributed by atoms with E-state index < -0.39 is 0 Å². The molecule has 1 aromatic rings. The number of alkyl halides is 1. The maximum Gasteiger partial charge on any atom is 0.149 e. The number of carbonyl (C=O) groups is 1. The molecule has 0 bridgehead atoms. The average Bonchev–Trinajstić information content (AvgIpc) is 2.21. The van der Waals surface area contributed by atoms with E-state index in [0.717, 1.165) is 21.7 Å². The predicted octanol–water partition coefficient (Wildman–Crippen LogP) is 4.49. The summed E-state index contributed by atoms with van der Waals surface area (Å²) in [6.45, 7) is 7.89. The first-order valence-electron chi connectivity index (χ1n) is 5.76. The van der Waals surface area contributed by atoms with Gasteiger partial charge in [0.2, 0.25) is 0 Å². The minimum absolute atomic E-state index is 0.0453. The zero-order valence-corrected chi connectivity index (χ0v) is 13.0. The predicted molar refractivity (Wildman–Crippen MR) is 77.2 cm³/mol. The molecule has 94 valence electrons. The molecule has 0 amide bonds. The van der Waals surface area contributed by atoms with E-state index in [1.807, 2.05) is 33.8 Å². The number of rotatable bonds is 4. The lowest BCUT2D eigenvalue weighted by Crippen LogP contribution is -2.22. The Hall–Kier alpha value is -0.340. The zero-order chi connectivity index (χ0) is 13.2. The van der Waals surface area contributed by atoms with Gasteiger partial charge in [-0.2, -0.15) is 0 Å². The molecular weight excluding hydrogens is 300 g/mol. The number of benzene rings is 1. The third-order valence-electron chi connectivity index (χ3n) is 2.82. The molecule has 0 N–H and O–H groups in total. The van der Waals surface area contributed by atoms with Crippen LogP contribution in [-0.4, -0.2) is 10.6 Å².